The number of rotatable bonds is 5. The summed E-state index contributed by atoms with van der Waals surface area (Å²) < 4.78 is 31.4. The average molecular weight is 388 g/mol. The van der Waals surface area contributed by atoms with Crippen LogP contribution < -0.4 is 10.6 Å². The van der Waals surface area contributed by atoms with E-state index in [-0.39, 0.29) is 6.54 Å². The van der Waals surface area contributed by atoms with Crippen molar-refractivity contribution in [2.24, 2.45) is 0 Å². The molecular formula is C17H20N6O3S. The molecule has 2 unspecified atom stereocenters. The molecule has 1 aromatic carbocycles. The molecule has 9 nitrogen and oxygen atoms in total. The number of hydrogen-bond donors (Lipinski definition) is 2. The van der Waals surface area contributed by atoms with E-state index in [9.17, 15) is 8.42 Å². The summed E-state index contributed by atoms with van der Waals surface area (Å²) in [5.41, 5.74) is 1.82. The van der Waals surface area contributed by atoms with Crippen molar-refractivity contribution in [2.45, 2.75) is 11.5 Å². The zero-order chi connectivity index (χ0) is 18.9. The molecular weight excluding hydrogens is 368 g/mol. The van der Waals surface area contributed by atoms with E-state index >= 15 is 0 Å². The second-order valence-corrected chi connectivity index (χ2v) is 8.50. The standard InChI is InChI=1S/C17H20N6O3S/c1-27(24,25)16-14(26-9-8-18-16)10-20-17-19-7-6-15(22-17)23-11-21-12-4-2-3-5-13(12)23/h2-7,11,14,16,18H,8-10H2,1H3,(H,19,20,22). The topological polar surface area (TPSA) is 111 Å². The second kappa shape index (κ2) is 7.22. The molecule has 2 aromatic heterocycles. The number of sulfone groups is 1. The van der Waals surface area contributed by atoms with Crippen LogP contribution in [0.25, 0.3) is 16.9 Å². The summed E-state index contributed by atoms with van der Waals surface area (Å²) in [5, 5.41) is 5.32. The van der Waals surface area contributed by atoms with Crippen LogP contribution in [0.1, 0.15) is 0 Å². The smallest absolute Gasteiger partial charge is 0.224 e. The molecule has 10 heteroatoms. The van der Waals surface area contributed by atoms with Gasteiger partial charge in [0.1, 0.15) is 23.6 Å². The maximum absolute atomic E-state index is 11.9. The zero-order valence-electron chi connectivity index (χ0n) is 14.7. The number of aromatic nitrogens is 4. The van der Waals surface area contributed by atoms with Gasteiger partial charge in [-0.2, -0.15) is 4.98 Å². The highest BCUT2D eigenvalue weighted by molar-refractivity contribution is 7.91. The zero-order valence-corrected chi connectivity index (χ0v) is 15.6. The molecule has 2 atom stereocenters. The van der Waals surface area contributed by atoms with Gasteiger partial charge in [0, 0.05) is 25.5 Å². The van der Waals surface area contributed by atoms with Crippen LogP contribution in [0.4, 0.5) is 5.95 Å². The van der Waals surface area contributed by atoms with E-state index in [2.05, 4.69) is 25.6 Å². The molecule has 4 rings (SSSR count). The largest absolute Gasteiger partial charge is 0.372 e. The van der Waals surface area contributed by atoms with E-state index < -0.39 is 21.3 Å². The molecule has 27 heavy (non-hydrogen) atoms. The first-order valence-electron chi connectivity index (χ1n) is 8.55. The van der Waals surface area contributed by atoms with Crippen LogP contribution in [0.3, 0.4) is 0 Å². The van der Waals surface area contributed by atoms with Gasteiger partial charge in [-0.25, -0.2) is 18.4 Å². The van der Waals surface area contributed by atoms with E-state index in [1.807, 2.05) is 28.8 Å². The van der Waals surface area contributed by atoms with Crippen LogP contribution in [-0.4, -0.2) is 65.4 Å². The first-order valence-corrected chi connectivity index (χ1v) is 10.5. The van der Waals surface area contributed by atoms with E-state index in [1.54, 1.807) is 18.6 Å². The number of ether oxygens (including phenoxy) is 1. The molecule has 142 valence electrons. The summed E-state index contributed by atoms with van der Waals surface area (Å²) in [6.07, 6.45) is 4.04. The van der Waals surface area contributed by atoms with Gasteiger partial charge in [0.15, 0.2) is 9.84 Å². The van der Waals surface area contributed by atoms with Gasteiger partial charge in [-0.3, -0.25) is 9.88 Å². The number of anilines is 1. The molecule has 3 heterocycles. The highest BCUT2D eigenvalue weighted by Gasteiger charge is 2.33. The third kappa shape index (κ3) is 3.77. The monoisotopic (exact) mass is 388 g/mol. The third-order valence-electron chi connectivity index (χ3n) is 4.38. The van der Waals surface area contributed by atoms with Gasteiger partial charge in [0.25, 0.3) is 0 Å². The fourth-order valence-electron chi connectivity index (χ4n) is 3.13. The van der Waals surface area contributed by atoms with Gasteiger partial charge in [-0.15, -0.1) is 0 Å². The Bertz CT molecular complexity index is 1050. The predicted molar refractivity (Wildman–Crippen MR) is 102 cm³/mol. The van der Waals surface area contributed by atoms with Gasteiger partial charge < -0.3 is 10.1 Å². The molecule has 0 bridgehead atoms. The summed E-state index contributed by atoms with van der Waals surface area (Å²) in [7, 11) is -3.28. The van der Waals surface area contributed by atoms with E-state index in [1.165, 1.54) is 6.26 Å². The lowest BCUT2D eigenvalue weighted by molar-refractivity contribution is 0.0257. The van der Waals surface area contributed by atoms with Crippen LogP contribution in [0.2, 0.25) is 0 Å². The minimum absolute atomic E-state index is 0.277. The van der Waals surface area contributed by atoms with Crippen molar-refractivity contribution in [2.75, 3.05) is 31.3 Å². The van der Waals surface area contributed by atoms with Crippen molar-refractivity contribution < 1.29 is 13.2 Å². The Morgan fingerprint density at radius 2 is 2.15 bits per heavy atom. The lowest BCUT2D eigenvalue weighted by atomic mass is 10.3. The molecule has 0 radical (unpaired) electrons. The number of imidazole rings is 1. The Labute approximate surface area is 156 Å². The lowest BCUT2D eigenvalue weighted by Crippen LogP contribution is -2.54. The van der Waals surface area contributed by atoms with Crippen LogP contribution in [0.5, 0.6) is 0 Å². The number of benzene rings is 1. The maximum atomic E-state index is 11.9. The maximum Gasteiger partial charge on any atom is 0.224 e. The first kappa shape index (κ1) is 17.8. The molecule has 1 saturated heterocycles. The Morgan fingerprint density at radius 3 is 3.00 bits per heavy atom. The quantitative estimate of drug-likeness (QED) is 0.653. The normalized spacial score (nSPS) is 20.6. The van der Waals surface area contributed by atoms with Crippen LogP contribution in [0, 0.1) is 0 Å². The number of nitrogens with zero attached hydrogens (tertiary/aromatic N) is 4. The van der Waals surface area contributed by atoms with Crippen LogP contribution in [0.15, 0.2) is 42.9 Å². The highest BCUT2D eigenvalue weighted by atomic mass is 32.2. The Balaban J connectivity index is 1.53. The summed E-state index contributed by atoms with van der Waals surface area (Å²) in [4.78, 5) is 13.1. The van der Waals surface area contributed by atoms with Gasteiger partial charge in [-0.05, 0) is 18.2 Å². The number of fused-ring (bicyclic) bond motifs is 1. The van der Waals surface area contributed by atoms with Crippen LogP contribution in [-0.2, 0) is 14.6 Å². The summed E-state index contributed by atoms with van der Waals surface area (Å²) >= 11 is 0. The lowest BCUT2D eigenvalue weighted by Gasteiger charge is -2.31. The van der Waals surface area contributed by atoms with Crippen LogP contribution >= 0.6 is 0 Å². The molecule has 1 aliphatic heterocycles. The molecule has 0 spiro atoms. The number of morpholine rings is 1. The summed E-state index contributed by atoms with van der Waals surface area (Å²) in [5.74, 6) is 1.07. The first-order chi connectivity index (χ1) is 13.0. The fourth-order valence-corrected chi connectivity index (χ4v) is 4.27. The van der Waals surface area contributed by atoms with Crippen molar-refractivity contribution >= 4 is 26.8 Å². The van der Waals surface area contributed by atoms with Gasteiger partial charge >= 0.3 is 0 Å². The molecule has 2 N–H and O–H groups in total. The molecule has 3 aromatic rings. The fraction of sp³-hybridized carbons (Fsp3) is 0.353. The second-order valence-electron chi connectivity index (χ2n) is 6.34. The SMILES string of the molecule is CS(=O)(=O)C1NCCOC1CNc1nccc(-n2cnc3ccccc32)n1. The van der Waals surface area contributed by atoms with E-state index in [0.29, 0.717) is 24.9 Å². The predicted octanol–water partition coefficient (Wildman–Crippen LogP) is 0.587. The molecule has 0 aliphatic carbocycles. The molecule has 0 saturated carbocycles. The van der Waals surface area contributed by atoms with Crippen molar-refractivity contribution in [1.82, 2.24) is 24.8 Å². The summed E-state index contributed by atoms with van der Waals surface area (Å²) in [6, 6.07) is 9.57. The van der Waals surface area contributed by atoms with Crippen molar-refractivity contribution in [1.29, 1.82) is 0 Å². The van der Waals surface area contributed by atoms with E-state index in [0.717, 1.165) is 11.0 Å². The van der Waals surface area contributed by atoms with Crippen molar-refractivity contribution in [3.63, 3.8) is 0 Å². The van der Waals surface area contributed by atoms with Gasteiger partial charge in [0.05, 0.1) is 17.6 Å². The highest BCUT2D eigenvalue weighted by Crippen LogP contribution is 2.17. The van der Waals surface area contributed by atoms with E-state index in [4.69, 9.17) is 4.74 Å². The summed E-state index contributed by atoms with van der Waals surface area (Å²) in [6.45, 7) is 1.24. The van der Waals surface area contributed by atoms with Gasteiger partial charge in [-0.1, -0.05) is 12.1 Å². The number of para-hydroxylation sites is 2. The van der Waals surface area contributed by atoms with Crippen molar-refractivity contribution in [3.8, 4) is 5.82 Å². The average Bonchev–Trinajstić information content (AvgIpc) is 3.10. The molecule has 1 aliphatic rings. The van der Waals surface area contributed by atoms with Gasteiger partial charge in [0.2, 0.25) is 5.95 Å². The minimum atomic E-state index is -3.28. The van der Waals surface area contributed by atoms with Crippen molar-refractivity contribution in [3.05, 3.63) is 42.9 Å². The number of hydrogen-bond acceptors (Lipinski definition) is 8. The molecule has 1 fully saturated rings. The Hall–Kier alpha value is -2.56. The minimum Gasteiger partial charge on any atom is -0.372 e. The Morgan fingerprint density at radius 1 is 1.30 bits per heavy atom. The molecule has 0 amide bonds. The number of nitrogens with one attached hydrogen (secondary N) is 2. The Kier molecular flexibility index (Phi) is 4.77. The third-order valence-corrected chi connectivity index (χ3v) is 5.77.